The van der Waals surface area contributed by atoms with Crippen LogP contribution in [0.15, 0.2) is 0 Å². The molecule has 0 bridgehead atoms. The fourth-order valence-corrected chi connectivity index (χ4v) is 1.56. The standard InChI is InChI=1S/C11H20N2O3/c1-3-9(6-10(14)15)12-11(16)13(2)7-8-4-5-8/h8-9H,3-7H2,1-2H3,(H,12,16)(H,14,15). The van der Waals surface area contributed by atoms with Crippen LogP contribution in [0.4, 0.5) is 4.79 Å². The van der Waals surface area contributed by atoms with E-state index in [-0.39, 0.29) is 18.5 Å². The van der Waals surface area contributed by atoms with Crippen molar-refractivity contribution in [1.82, 2.24) is 10.2 Å². The largest absolute Gasteiger partial charge is 0.481 e. The highest BCUT2D eigenvalue weighted by molar-refractivity contribution is 5.75. The molecule has 0 aromatic rings. The molecule has 0 aromatic heterocycles. The van der Waals surface area contributed by atoms with Crippen molar-refractivity contribution < 1.29 is 14.7 Å². The van der Waals surface area contributed by atoms with Crippen molar-refractivity contribution in [3.05, 3.63) is 0 Å². The molecule has 1 fully saturated rings. The van der Waals surface area contributed by atoms with E-state index in [1.54, 1.807) is 11.9 Å². The number of carboxylic acids is 1. The lowest BCUT2D eigenvalue weighted by atomic mass is 10.1. The predicted octanol–water partition coefficient (Wildman–Crippen LogP) is 1.29. The zero-order chi connectivity index (χ0) is 12.1. The molecule has 2 N–H and O–H groups in total. The van der Waals surface area contributed by atoms with Gasteiger partial charge in [-0.2, -0.15) is 0 Å². The van der Waals surface area contributed by atoms with Crippen LogP contribution >= 0.6 is 0 Å². The number of nitrogens with zero attached hydrogens (tertiary/aromatic N) is 1. The Morgan fingerprint density at radius 3 is 2.56 bits per heavy atom. The zero-order valence-corrected chi connectivity index (χ0v) is 9.90. The van der Waals surface area contributed by atoms with Gasteiger partial charge in [-0.05, 0) is 25.2 Å². The SMILES string of the molecule is CCC(CC(=O)O)NC(=O)N(C)CC1CC1. The number of aliphatic carboxylic acids is 1. The molecule has 5 heteroatoms. The van der Waals surface area contributed by atoms with Gasteiger partial charge >= 0.3 is 12.0 Å². The maximum absolute atomic E-state index is 11.7. The van der Waals surface area contributed by atoms with Crippen LogP contribution in [0.3, 0.4) is 0 Å². The van der Waals surface area contributed by atoms with Gasteiger partial charge in [0.15, 0.2) is 0 Å². The van der Waals surface area contributed by atoms with Crippen LogP contribution in [0, 0.1) is 5.92 Å². The zero-order valence-electron chi connectivity index (χ0n) is 9.90. The maximum atomic E-state index is 11.7. The van der Waals surface area contributed by atoms with E-state index in [1.165, 1.54) is 12.8 Å². The third-order valence-corrected chi connectivity index (χ3v) is 2.82. The fraction of sp³-hybridized carbons (Fsp3) is 0.818. The minimum absolute atomic E-state index is 0.0144. The highest BCUT2D eigenvalue weighted by atomic mass is 16.4. The molecule has 1 aliphatic carbocycles. The van der Waals surface area contributed by atoms with Gasteiger partial charge in [-0.3, -0.25) is 4.79 Å². The highest BCUT2D eigenvalue weighted by Gasteiger charge is 2.25. The lowest BCUT2D eigenvalue weighted by Crippen LogP contribution is -2.44. The van der Waals surface area contributed by atoms with E-state index in [9.17, 15) is 9.59 Å². The second kappa shape index (κ2) is 5.72. The Hall–Kier alpha value is -1.26. The van der Waals surface area contributed by atoms with Crippen molar-refractivity contribution in [2.24, 2.45) is 5.92 Å². The molecule has 0 aliphatic heterocycles. The number of hydrogen-bond acceptors (Lipinski definition) is 2. The molecule has 1 aliphatic rings. The summed E-state index contributed by atoms with van der Waals surface area (Å²) in [6, 6.07) is -0.438. The molecule has 0 spiro atoms. The third kappa shape index (κ3) is 4.51. The van der Waals surface area contributed by atoms with E-state index < -0.39 is 5.97 Å². The molecule has 1 saturated carbocycles. The first-order valence-electron chi connectivity index (χ1n) is 5.76. The third-order valence-electron chi connectivity index (χ3n) is 2.82. The van der Waals surface area contributed by atoms with Gasteiger partial charge in [0.05, 0.1) is 6.42 Å². The molecule has 5 nitrogen and oxygen atoms in total. The number of urea groups is 1. The first-order valence-corrected chi connectivity index (χ1v) is 5.76. The molecule has 16 heavy (non-hydrogen) atoms. The molecule has 0 saturated heterocycles. The summed E-state index contributed by atoms with van der Waals surface area (Å²) in [7, 11) is 1.75. The van der Waals surface area contributed by atoms with Gasteiger partial charge in [0.2, 0.25) is 0 Å². The van der Waals surface area contributed by atoms with E-state index in [0.29, 0.717) is 12.3 Å². The predicted molar refractivity (Wildman–Crippen MR) is 60.2 cm³/mol. The molecular weight excluding hydrogens is 208 g/mol. The minimum Gasteiger partial charge on any atom is -0.481 e. The number of carboxylic acid groups (broad SMARTS) is 1. The summed E-state index contributed by atoms with van der Waals surface area (Å²) in [6.45, 7) is 2.64. The lowest BCUT2D eigenvalue weighted by molar-refractivity contribution is -0.137. The molecule has 0 aromatic carbocycles. The highest BCUT2D eigenvalue weighted by Crippen LogP contribution is 2.29. The van der Waals surface area contributed by atoms with Gasteiger partial charge in [-0.15, -0.1) is 0 Å². The van der Waals surface area contributed by atoms with Crippen LogP contribution < -0.4 is 5.32 Å². The number of rotatable bonds is 6. The van der Waals surface area contributed by atoms with Crippen molar-refractivity contribution >= 4 is 12.0 Å². The summed E-state index contributed by atoms with van der Waals surface area (Å²) in [5, 5.41) is 11.4. The van der Waals surface area contributed by atoms with Crippen LogP contribution in [0.1, 0.15) is 32.6 Å². The molecule has 1 unspecified atom stereocenters. The Balaban J connectivity index is 2.31. The van der Waals surface area contributed by atoms with Gasteiger partial charge in [0, 0.05) is 19.6 Å². The van der Waals surface area contributed by atoms with Gasteiger partial charge in [-0.25, -0.2) is 4.79 Å². The molecule has 0 heterocycles. The van der Waals surface area contributed by atoms with Crippen LogP contribution in [-0.2, 0) is 4.79 Å². The van der Waals surface area contributed by atoms with Crippen molar-refractivity contribution in [2.75, 3.05) is 13.6 Å². The van der Waals surface area contributed by atoms with E-state index in [4.69, 9.17) is 5.11 Å². The molecule has 1 rings (SSSR count). The number of hydrogen-bond donors (Lipinski definition) is 2. The monoisotopic (exact) mass is 228 g/mol. The second-order valence-electron chi connectivity index (χ2n) is 4.48. The van der Waals surface area contributed by atoms with E-state index in [2.05, 4.69) is 5.32 Å². The summed E-state index contributed by atoms with van der Waals surface area (Å²) in [5.74, 6) is -0.229. The number of amides is 2. The average Bonchev–Trinajstić information content (AvgIpc) is 2.99. The summed E-state index contributed by atoms with van der Waals surface area (Å²) in [6.07, 6.45) is 3.02. The first-order chi connectivity index (χ1) is 7.52. The number of carbonyl (C=O) groups excluding carboxylic acids is 1. The van der Waals surface area contributed by atoms with Gasteiger partial charge in [0.25, 0.3) is 0 Å². The van der Waals surface area contributed by atoms with Crippen LogP contribution in [0.5, 0.6) is 0 Å². The number of nitrogens with one attached hydrogen (secondary N) is 1. The quantitative estimate of drug-likeness (QED) is 0.719. The van der Waals surface area contributed by atoms with Gasteiger partial charge in [-0.1, -0.05) is 6.92 Å². The summed E-state index contributed by atoms with van der Waals surface area (Å²) < 4.78 is 0. The normalized spacial score (nSPS) is 16.6. The van der Waals surface area contributed by atoms with Crippen molar-refractivity contribution in [1.29, 1.82) is 0 Å². The topological polar surface area (TPSA) is 69.6 Å². The van der Waals surface area contributed by atoms with E-state index in [1.807, 2.05) is 6.92 Å². The first kappa shape index (κ1) is 12.8. The van der Waals surface area contributed by atoms with Crippen LogP contribution in [-0.4, -0.2) is 41.6 Å². The summed E-state index contributed by atoms with van der Waals surface area (Å²) in [5.41, 5.74) is 0. The average molecular weight is 228 g/mol. The van der Waals surface area contributed by atoms with Crippen molar-refractivity contribution in [3.63, 3.8) is 0 Å². The molecule has 1 atom stereocenters. The van der Waals surface area contributed by atoms with Gasteiger partial charge < -0.3 is 15.3 Å². The van der Waals surface area contributed by atoms with Crippen LogP contribution in [0.2, 0.25) is 0 Å². The van der Waals surface area contributed by atoms with E-state index >= 15 is 0 Å². The Morgan fingerprint density at radius 2 is 2.12 bits per heavy atom. The number of carbonyl (C=O) groups is 2. The Labute approximate surface area is 95.8 Å². The Bertz CT molecular complexity index is 264. The second-order valence-corrected chi connectivity index (χ2v) is 4.48. The van der Waals surface area contributed by atoms with Crippen molar-refractivity contribution in [3.8, 4) is 0 Å². The van der Waals surface area contributed by atoms with Crippen LogP contribution in [0.25, 0.3) is 0 Å². The lowest BCUT2D eigenvalue weighted by Gasteiger charge is -2.21. The molecular formula is C11H20N2O3. The fourth-order valence-electron chi connectivity index (χ4n) is 1.56. The summed E-state index contributed by atoms with van der Waals surface area (Å²) >= 11 is 0. The molecule has 0 radical (unpaired) electrons. The minimum atomic E-state index is -0.878. The smallest absolute Gasteiger partial charge is 0.317 e. The Morgan fingerprint density at radius 1 is 1.50 bits per heavy atom. The summed E-state index contributed by atoms with van der Waals surface area (Å²) in [4.78, 5) is 23.9. The van der Waals surface area contributed by atoms with E-state index in [0.717, 1.165) is 6.54 Å². The molecule has 92 valence electrons. The Kier molecular flexibility index (Phi) is 4.58. The molecule has 2 amide bonds. The van der Waals surface area contributed by atoms with Crippen molar-refractivity contribution in [2.45, 2.75) is 38.6 Å². The van der Waals surface area contributed by atoms with Gasteiger partial charge in [0.1, 0.15) is 0 Å². The maximum Gasteiger partial charge on any atom is 0.317 e.